The van der Waals surface area contributed by atoms with E-state index < -0.39 is 78.1 Å². The number of guanidine groups is 1. The molecule has 5 amide bonds. The van der Waals surface area contributed by atoms with E-state index in [0.29, 0.717) is 12.8 Å². The molecule has 2 heterocycles. The zero-order valence-electron chi connectivity index (χ0n) is 22.9. The Morgan fingerprint density at radius 2 is 1.79 bits per heavy atom. The van der Waals surface area contributed by atoms with Gasteiger partial charge in [0.25, 0.3) is 0 Å². The quantitative estimate of drug-likeness (QED) is 0.0515. The number of rotatable bonds is 10. The van der Waals surface area contributed by atoms with Crippen LogP contribution in [0.2, 0.25) is 0 Å². The summed E-state index contributed by atoms with van der Waals surface area (Å²) in [6, 6.07) is -6.28. The van der Waals surface area contributed by atoms with Gasteiger partial charge in [-0.25, -0.2) is 4.79 Å². The van der Waals surface area contributed by atoms with Gasteiger partial charge in [-0.1, -0.05) is 21.6 Å². The summed E-state index contributed by atoms with van der Waals surface area (Å²) in [6.45, 7) is 1.49. The number of hydrogen-bond donors (Lipinski definition) is 8. The maximum atomic E-state index is 13.4. The monoisotopic (exact) mass is 632 g/mol. The standard InChI is InChI=1S/C23H36N8O9S2/c1-11(32)27-12(4-2-6-26-23(24)25)18(35)29-14-9-41-42-10-15(22(39)40)30-20(37)16-5-3-7-31(16)21(38)13(8-17(33)34)28-19(14)36/h12-16H,2-10H2,1H3,(H,27,32)(H,28,36)(H,29,35)(H,30,37)(H,33,34)(H,39,40)(H4,24,25,26)/t12-,13-,14-,15-,16-/m0/s1. The van der Waals surface area contributed by atoms with Crippen molar-refractivity contribution in [3.8, 4) is 0 Å². The van der Waals surface area contributed by atoms with E-state index in [1.54, 1.807) is 0 Å². The molecular weight excluding hydrogens is 596 g/mol. The lowest BCUT2D eigenvalue weighted by atomic mass is 10.1. The summed E-state index contributed by atoms with van der Waals surface area (Å²) in [5, 5.41) is 28.9. The molecule has 19 heteroatoms. The summed E-state index contributed by atoms with van der Waals surface area (Å²) < 4.78 is 0. The van der Waals surface area contributed by atoms with Gasteiger partial charge in [-0.15, -0.1) is 0 Å². The van der Waals surface area contributed by atoms with E-state index in [1.807, 2.05) is 0 Å². The van der Waals surface area contributed by atoms with Crippen LogP contribution < -0.4 is 32.7 Å². The van der Waals surface area contributed by atoms with Crippen LogP contribution >= 0.6 is 21.6 Å². The van der Waals surface area contributed by atoms with Crippen molar-refractivity contribution in [2.24, 2.45) is 16.5 Å². The lowest BCUT2D eigenvalue weighted by molar-refractivity contribution is -0.147. The predicted octanol–water partition coefficient (Wildman–Crippen LogP) is -3.06. The molecule has 234 valence electrons. The number of nitrogens with zero attached hydrogens (tertiary/aromatic N) is 2. The number of carboxylic acids is 2. The largest absolute Gasteiger partial charge is 0.481 e. The van der Waals surface area contributed by atoms with Gasteiger partial charge in [-0.2, -0.15) is 0 Å². The molecule has 0 saturated carbocycles. The van der Waals surface area contributed by atoms with Crippen LogP contribution in [0.25, 0.3) is 0 Å². The first-order chi connectivity index (χ1) is 19.8. The summed E-state index contributed by atoms with van der Waals surface area (Å²) in [7, 11) is 2.06. The first-order valence-corrected chi connectivity index (χ1v) is 15.5. The Balaban J connectivity index is 2.32. The van der Waals surface area contributed by atoms with E-state index >= 15 is 0 Å². The number of nitrogens with one attached hydrogen (secondary N) is 4. The third kappa shape index (κ3) is 10.9. The molecule has 5 atom stereocenters. The first-order valence-electron chi connectivity index (χ1n) is 13.0. The molecule has 0 aliphatic carbocycles. The normalized spacial score (nSPS) is 24.2. The topological polar surface area (TPSA) is 276 Å². The van der Waals surface area contributed by atoms with E-state index in [9.17, 15) is 43.8 Å². The zero-order valence-corrected chi connectivity index (χ0v) is 24.5. The molecule has 0 radical (unpaired) electrons. The van der Waals surface area contributed by atoms with Gasteiger partial charge < -0.3 is 47.8 Å². The summed E-state index contributed by atoms with van der Waals surface area (Å²) in [6.07, 6.45) is 0.272. The van der Waals surface area contributed by atoms with Crippen LogP contribution in [0.3, 0.4) is 0 Å². The predicted molar refractivity (Wildman–Crippen MR) is 153 cm³/mol. The number of carbonyl (C=O) groups excluding carboxylic acids is 5. The van der Waals surface area contributed by atoms with E-state index in [0.717, 1.165) is 26.5 Å². The highest BCUT2D eigenvalue weighted by Gasteiger charge is 2.40. The highest BCUT2D eigenvalue weighted by atomic mass is 33.1. The molecule has 0 bridgehead atoms. The molecule has 0 spiro atoms. The van der Waals surface area contributed by atoms with Crippen LogP contribution in [-0.4, -0.2) is 117 Å². The average molecular weight is 633 g/mol. The van der Waals surface area contributed by atoms with Crippen molar-refractivity contribution >= 4 is 69.0 Å². The lowest BCUT2D eigenvalue weighted by Gasteiger charge is -2.30. The number of aliphatic carboxylic acids is 2. The fourth-order valence-corrected chi connectivity index (χ4v) is 6.62. The van der Waals surface area contributed by atoms with E-state index in [2.05, 4.69) is 26.3 Å². The Morgan fingerprint density at radius 3 is 2.40 bits per heavy atom. The van der Waals surface area contributed by atoms with Crippen molar-refractivity contribution < 1.29 is 43.8 Å². The van der Waals surface area contributed by atoms with Crippen LogP contribution in [0.1, 0.15) is 39.0 Å². The molecular formula is C23H36N8O9S2. The molecule has 0 aromatic rings. The van der Waals surface area contributed by atoms with E-state index in [1.165, 1.54) is 6.92 Å². The number of fused-ring (bicyclic) bond motifs is 1. The number of aliphatic imine (C=N–C) groups is 1. The number of nitrogens with two attached hydrogens (primary N) is 2. The average Bonchev–Trinajstić information content (AvgIpc) is 3.39. The molecule has 2 aliphatic heterocycles. The Kier molecular flexibility index (Phi) is 13.7. The van der Waals surface area contributed by atoms with Crippen LogP contribution in [0.4, 0.5) is 0 Å². The fourth-order valence-electron chi connectivity index (χ4n) is 4.30. The number of carbonyl (C=O) groups is 7. The fraction of sp³-hybridized carbons (Fsp3) is 0.652. The van der Waals surface area contributed by atoms with Gasteiger partial charge in [0.05, 0.1) is 6.42 Å². The van der Waals surface area contributed by atoms with Gasteiger partial charge in [0.15, 0.2) is 5.96 Å². The van der Waals surface area contributed by atoms with Crippen LogP contribution in [0.5, 0.6) is 0 Å². The summed E-state index contributed by atoms with van der Waals surface area (Å²) in [5.74, 6) is -6.66. The Morgan fingerprint density at radius 1 is 1.10 bits per heavy atom. The van der Waals surface area contributed by atoms with Crippen molar-refractivity contribution in [2.75, 3.05) is 24.6 Å². The van der Waals surface area contributed by atoms with Crippen molar-refractivity contribution in [1.29, 1.82) is 0 Å². The second-order valence-corrected chi connectivity index (χ2v) is 12.1. The SMILES string of the molecule is CC(=O)N[C@@H](CCCN=C(N)N)C(=O)N[C@H]1CSSC[C@@H](C(=O)O)NC(=O)[C@@H]2CCCN2C(=O)[C@H](CC(=O)O)NC1=O. The minimum atomic E-state index is -1.57. The minimum absolute atomic E-state index is 0.0877. The Bertz CT molecular complexity index is 1090. The molecule has 10 N–H and O–H groups in total. The third-order valence-electron chi connectivity index (χ3n) is 6.27. The molecule has 17 nitrogen and oxygen atoms in total. The molecule has 2 rings (SSSR count). The van der Waals surface area contributed by atoms with Gasteiger partial charge in [0.1, 0.15) is 30.2 Å². The zero-order chi connectivity index (χ0) is 31.4. The first kappa shape index (κ1) is 34.5. The van der Waals surface area contributed by atoms with Crippen LogP contribution in [0, 0.1) is 0 Å². The number of carboxylic acid groups (broad SMARTS) is 2. The number of hydrogen-bond acceptors (Lipinski definition) is 10. The molecule has 2 aliphatic rings. The molecule has 2 saturated heterocycles. The smallest absolute Gasteiger partial charge is 0.327 e. The Hall–Kier alpha value is -3.74. The van der Waals surface area contributed by atoms with Crippen LogP contribution in [-0.2, 0) is 33.6 Å². The maximum Gasteiger partial charge on any atom is 0.327 e. The minimum Gasteiger partial charge on any atom is -0.481 e. The van der Waals surface area contributed by atoms with Crippen molar-refractivity contribution in [3.05, 3.63) is 0 Å². The summed E-state index contributed by atoms with van der Waals surface area (Å²) in [5.41, 5.74) is 10.6. The highest BCUT2D eigenvalue weighted by Crippen LogP contribution is 2.25. The van der Waals surface area contributed by atoms with Crippen molar-refractivity contribution in [2.45, 2.75) is 69.2 Å². The van der Waals surface area contributed by atoms with Gasteiger partial charge in [0, 0.05) is 31.5 Å². The maximum absolute atomic E-state index is 13.4. The summed E-state index contributed by atoms with van der Waals surface area (Å²) in [4.78, 5) is 92.8. The van der Waals surface area contributed by atoms with Crippen molar-refractivity contribution in [1.82, 2.24) is 26.2 Å². The molecule has 0 unspecified atom stereocenters. The third-order valence-corrected chi connectivity index (χ3v) is 8.69. The van der Waals surface area contributed by atoms with Gasteiger partial charge in [0.2, 0.25) is 29.5 Å². The molecule has 0 aromatic heterocycles. The molecule has 0 aromatic carbocycles. The van der Waals surface area contributed by atoms with E-state index in [4.69, 9.17) is 11.5 Å². The van der Waals surface area contributed by atoms with Gasteiger partial charge >= 0.3 is 11.9 Å². The summed E-state index contributed by atoms with van der Waals surface area (Å²) >= 11 is 0. The molecule has 42 heavy (non-hydrogen) atoms. The highest BCUT2D eigenvalue weighted by molar-refractivity contribution is 8.76. The second kappa shape index (κ2) is 16.6. The van der Waals surface area contributed by atoms with Crippen molar-refractivity contribution in [3.63, 3.8) is 0 Å². The number of amides is 5. The van der Waals surface area contributed by atoms with Gasteiger partial charge in [-0.05, 0) is 25.7 Å². The Labute approximate surface area is 249 Å². The van der Waals surface area contributed by atoms with Crippen LogP contribution in [0.15, 0.2) is 4.99 Å². The second-order valence-electron chi connectivity index (χ2n) is 9.58. The molecule has 2 fully saturated rings. The van der Waals surface area contributed by atoms with E-state index in [-0.39, 0.29) is 43.4 Å². The van der Waals surface area contributed by atoms with Gasteiger partial charge in [-0.3, -0.25) is 33.8 Å². The lowest BCUT2D eigenvalue weighted by Crippen LogP contribution is -2.59.